The Kier molecular flexibility index (Phi) is 6.63. The molecule has 45 heavy (non-hydrogen) atoms. The third-order valence-electron chi connectivity index (χ3n) is 10.1. The number of pyridine rings is 2. The lowest BCUT2D eigenvalue weighted by Gasteiger charge is -2.32. The zero-order valence-electron chi connectivity index (χ0n) is 24.8. The van der Waals surface area contributed by atoms with Gasteiger partial charge in [0.2, 0.25) is 11.8 Å². The summed E-state index contributed by atoms with van der Waals surface area (Å²) in [5.41, 5.74) is -1.68. The van der Waals surface area contributed by atoms with Gasteiger partial charge in [0.1, 0.15) is 30.6 Å². The number of nitrogens with one attached hydrogen (secondary N) is 1. The summed E-state index contributed by atoms with van der Waals surface area (Å²) in [6.07, 6.45) is 1.39. The van der Waals surface area contributed by atoms with Gasteiger partial charge in [0.25, 0.3) is 0 Å². The number of H-pyrrole nitrogens is 1. The lowest BCUT2D eigenvalue weighted by molar-refractivity contribution is -0.137. The van der Waals surface area contributed by atoms with Gasteiger partial charge in [-0.3, -0.25) is 10.00 Å². The van der Waals surface area contributed by atoms with Crippen molar-refractivity contribution in [2.45, 2.75) is 75.8 Å². The van der Waals surface area contributed by atoms with Gasteiger partial charge >= 0.3 is 6.18 Å². The van der Waals surface area contributed by atoms with Crippen LogP contribution >= 0.6 is 0 Å². The normalized spacial score (nSPS) is 25.2. The fourth-order valence-corrected chi connectivity index (χ4v) is 8.10. The van der Waals surface area contributed by atoms with Crippen molar-refractivity contribution >= 4 is 27.5 Å². The van der Waals surface area contributed by atoms with Crippen LogP contribution in [0.3, 0.4) is 0 Å². The number of nitrogens with zero attached hydrogens (tertiary/aromatic N) is 5. The van der Waals surface area contributed by atoms with E-state index in [1.165, 1.54) is 19.2 Å². The second-order valence-corrected chi connectivity index (χ2v) is 12.9. The molecular weight excluding hydrogens is 595 g/mol. The number of alkyl halides is 4. The van der Waals surface area contributed by atoms with E-state index in [2.05, 4.69) is 30.0 Å². The SMILES string of the molecule is Cc1cc2[nH]ncc2c(-c2nc3c4c(cc(OC[C@@]56CCCN5C[C@H](F)C6)nc4c2F)N2CCCCC[C@@H]2CO3)c1C(F)(F)F. The summed E-state index contributed by atoms with van der Waals surface area (Å²) >= 11 is 0. The molecule has 238 valence electrons. The molecule has 7 heterocycles. The molecule has 4 aliphatic heterocycles. The maximum Gasteiger partial charge on any atom is 0.417 e. The Bertz CT molecular complexity index is 1810. The zero-order valence-corrected chi connectivity index (χ0v) is 24.8. The summed E-state index contributed by atoms with van der Waals surface area (Å²) in [7, 11) is 0. The highest BCUT2D eigenvalue weighted by Gasteiger charge is 2.49. The lowest BCUT2D eigenvalue weighted by atomic mass is 9.94. The van der Waals surface area contributed by atoms with Crippen molar-refractivity contribution in [1.82, 2.24) is 25.1 Å². The maximum absolute atomic E-state index is 16.9. The molecule has 3 fully saturated rings. The number of anilines is 1. The number of halogens is 5. The van der Waals surface area contributed by atoms with E-state index in [4.69, 9.17) is 9.47 Å². The highest BCUT2D eigenvalue weighted by atomic mass is 19.4. The van der Waals surface area contributed by atoms with Gasteiger partial charge in [-0.25, -0.2) is 18.7 Å². The molecule has 0 bridgehead atoms. The van der Waals surface area contributed by atoms with E-state index in [1.807, 2.05) is 0 Å². The summed E-state index contributed by atoms with van der Waals surface area (Å²) in [4.78, 5) is 13.4. The van der Waals surface area contributed by atoms with Crippen LogP contribution < -0.4 is 14.4 Å². The van der Waals surface area contributed by atoms with Crippen LogP contribution in [0.5, 0.6) is 11.8 Å². The van der Waals surface area contributed by atoms with Gasteiger partial charge in [-0.15, -0.1) is 0 Å². The molecule has 8 rings (SSSR count). The smallest absolute Gasteiger partial charge is 0.417 e. The predicted octanol–water partition coefficient (Wildman–Crippen LogP) is 6.74. The van der Waals surface area contributed by atoms with E-state index in [-0.39, 0.29) is 47.5 Å². The Morgan fingerprint density at radius 2 is 2.00 bits per heavy atom. The first-order valence-electron chi connectivity index (χ1n) is 15.6. The molecule has 3 saturated heterocycles. The van der Waals surface area contributed by atoms with Crippen molar-refractivity contribution in [3.63, 3.8) is 0 Å². The van der Waals surface area contributed by atoms with Gasteiger partial charge in [-0.2, -0.15) is 18.3 Å². The number of fused-ring (bicyclic) bond motifs is 4. The molecule has 0 spiro atoms. The first-order chi connectivity index (χ1) is 21.6. The fourth-order valence-electron chi connectivity index (χ4n) is 8.10. The predicted molar refractivity (Wildman–Crippen MR) is 158 cm³/mol. The monoisotopic (exact) mass is 628 g/mol. The summed E-state index contributed by atoms with van der Waals surface area (Å²) in [5.74, 6) is -0.825. The van der Waals surface area contributed by atoms with E-state index in [0.29, 0.717) is 36.1 Å². The molecule has 0 unspecified atom stereocenters. The van der Waals surface area contributed by atoms with E-state index in [1.54, 1.807) is 6.07 Å². The van der Waals surface area contributed by atoms with Crippen LogP contribution in [0.2, 0.25) is 0 Å². The van der Waals surface area contributed by atoms with E-state index >= 15 is 4.39 Å². The van der Waals surface area contributed by atoms with Crippen molar-refractivity contribution in [3.8, 4) is 23.0 Å². The standard InChI is InChI=1S/C32H33F5N6O2/c1-17-10-21-20(13-38-41-21)24(26(17)32(35,36)37)28-27(34)29-25-22(43-9-4-2-3-6-19(43)15-44-30(25)40-28)11-23(39-29)45-16-31-7-5-8-42(31)14-18(33)12-31/h10-11,13,18-19H,2-9,12,14-16H2,1H3,(H,38,41)/t18-,19-,31+/m1/s1. The van der Waals surface area contributed by atoms with Crippen molar-refractivity contribution < 1.29 is 31.4 Å². The summed E-state index contributed by atoms with van der Waals surface area (Å²) in [6.45, 7) is 3.61. The average Bonchev–Trinajstić information content (AvgIpc) is 3.60. The Hall–Kier alpha value is -3.74. The summed E-state index contributed by atoms with van der Waals surface area (Å²) in [5, 5.41) is 7.05. The van der Waals surface area contributed by atoms with E-state index in [9.17, 15) is 17.6 Å². The van der Waals surface area contributed by atoms with E-state index in [0.717, 1.165) is 45.1 Å². The zero-order chi connectivity index (χ0) is 31.1. The van der Waals surface area contributed by atoms with Gasteiger partial charge in [0.15, 0.2) is 5.82 Å². The molecule has 1 aromatic carbocycles. The van der Waals surface area contributed by atoms with Crippen molar-refractivity contribution in [1.29, 1.82) is 0 Å². The molecule has 8 nitrogen and oxygen atoms in total. The van der Waals surface area contributed by atoms with Gasteiger partial charge in [-0.1, -0.05) is 12.8 Å². The minimum Gasteiger partial charge on any atom is -0.476 e. The number of benzene rings is 1. The van der Waals surface area contributed by atoms with Gasteiger partial charge < -0.3 is 14.4 Å². The number of hydrogen-bond acceptors (Lipinski definition) is 7. The van der Waals surface area contributed by atoms with Gasteiger partial charge in [0.05, 0.1) is 39.9 Å². The van der Waals surface area contributed by atoms with Crippen LogP contribution in [0.4, 0.5) is 27.6 Å². The highest BCUT2D eigenvalue weighted by molar-refractivity contribution is 6.02. The first kappa shape index (κ1) is 28.7. The van der Waals surface area contributed by atoms with Gasteiger partial charge in [0, 0.05) is 36.5 Å². The number of hydrogen-bond donors (Lipinski definition) is 1. The number of aromatic nitrogens is 4. The molecule has 13 heteroatoms. The molecule has 3 aromatic heterocycles. The first-order valence-corrected chi connectivity index (χ1v) is 15.6. The number of ether oxygens (including phenoxy) is 2. The van der Waals surface area contributed by atoms with Gasteiger partial charge in [-0.05, 0) is 50.8 Å². The van der Waals surface area contributed by atoms with E-state index < -0.39 is 40.5 Å². The Labute approximate surface area is 255 Å². The molecule has 0 aliphatic carbocycles. The minimum absolute atomic E-state index is 0.0337. The Balaban J connectivity index is 1.34. The largest absolute Gasteiger partial charge is 0.476 e. The molecule has 4 aromatic rings. The molecule has 0 saturated carbocycles. The van der Waals surface area contributed by atoms with Crippen molar-refractivity contribution in [3.05, 3.63) is 35.3 Å². The molecule has 4 aliphatic rings. The number of aromatic amines is 1. The maximum atomic E-state index is 16.9. The molecule has 1 N–H and O–H groups in total. The van der Waals surface area contributed by atoms with Crippen LogP contribution in [-0.2, 0) is 6.18 Å². The highest BCUT2D eigenvalue weighted by Crippen LogP contribution is 2.48. The molecule has 3 atom stereocenters. The second-order valence-electron chi connectivity index (χ2n) is 12.9. The fraction of sp³-hybridized carbons (Fsp3) is 0.531. The van der Waals surface area contributed by atoms with Crippen LogP contribution in [0.15, 0.2) is 18.3 Å². The number of aryl methyl sites for hydroxylation is 1. The summed E-state index contributed by atoms with van der Waals surface area (Å²) in [6, 6.07) is 3.07. The van der Waals surface area contributed by atoms with Crippen molar-refractivity contribution in [2.24, 2.45) is 0 Å². The Morgan fingerprint density at radius 3 is 2.84 bits per heavy atom. The van der Waals surface area contributed by atoms with Crippen LogP contribution in [0.25, 0.3) is 33.1 Å². The molecular formula is C32H33F5N6O2. The van der Waals surface area contributed by atoms with Crippen LogP contribution in [0.1, 0.15) is 56.1 Å². The lowest BCUT2D eigenvalue weighted by Crippen LogP contribution is -2.43. The quantitative estimate of drug-likeness (QED) is 0.251. The number of rotatable bonds is 4. The minimum atomic E-state index is -4.80. The second kappa shape index (κ2) is 10.4. The summed E-state index contributed by atoms with van der Waals surface area (Å²) < 4.78 is 87.7. The van der Waals surface area contributed by atoms with Crippen LogP contribution in [0, 0.1) is 12.7 Å². The topological polar surface area (TPSA) is 79.4 Å². The Morgan fingerprint density at radius 1 is 1.13 bits per heavy atom. The van der Waals surface area contributed by atoms with Crippen LogP contribution in [-0.4, -0.2) is 75.7 Å². The van der Waals surface area contributed by atoms with Crippen molar-refractivity contribution in [2.75, 3.05) is 37.7 Å². The molecule has 0 amide bonds. The third kappa shape index (κ3) is 4.59. The molecule has 0 radical (unpaired) electrons. The average molecular weight is 629 g/mol. The third-order valence-corrected chi connectivity index (χ3v) is 10.1.